The summed E-state index contributed by atoms with van der Waals surface area (Å²) in [6, 6.07) is 7.53. The van der Waals surface area contributed by atoms with Gasteiger partial charge in [-0.3, -0.25) is 14.5 Å². The maximum absolute atomic E-state index is 12.9. The fraction of sp³-hybridized carbons (Fsp3) is 0.652. The number of hydrogen-bond acceptors (Lipinski definition) is 4. The predicted molar refractivity (Wildman–Crippen MR) is 115 cm³/mol. The van der Waals surface area contributed by atoms with Crippen LogP contribution in [-0.4, -0.2) is 48.5 Å². The van der Waals surface area contributed by atoms with E-state index in [1.807, 2.05) is 38.1 Å². The van der Waals surface area contributed by atoms with Gasteiger partial charge in [0.2, 0.25) is 11.8 Å². The number of amides is 2. The van der Waals surface area contributed by atoms with Crippen molar-refractivity contribution in [3.05, 3.63) is 24.3 Å². The zero-order chi connectivity index (χ0) is 20.6. The van der Waals surface area contributed by atoms with Gasteiger partial charge in [0.05, 0.1) is 24.3 Å². The van der Waals surface area contributed by atoms with E-state index in [4.69, 9.17) is 4.74 Å². The van der Waals surface area contributed by atoms with Crippen molar-refractivity contribution < 1.29 is 14.3 Å². The van der Waals surface area contributed by atoms with Crippen LogP contribution in [0, 0.1) is 5.92 Å². The second kappa shape index (κ2) is 10.6. The van der Waals surface area contributed by atoms with Gasteiger partial charge in [0.1, 0.15) is 5.75 Å². The molecule has 1 aliphatic heterocycles. The summed E-state index contributed by atoms with van der Waals surface area (Å²) in [5.74, 6) is 0.747. The van der Waals surface area contributed by atoms with Crippen molar-refractivity contribution in [2.45, 2.75) is 70.9 Å². The van der Waals surface area contributed by atoms with Gasteiger partial charge in [-0.2, -0.15) is 0 Å². The Hall–Kier alpha value is -2.08. The molecule has 1 aromatic rings. The summed E-state index contributed by atoms with van der Waals surface area (Å²) in [5.41, 5.74) is 0.690. The van der Waals surface area contributed by atoms with Crippen molar-refractivity contribution in [1.82, 2.24) is 10.2 Å². The number of likely N-dealkylation sites (tertiary alicyclic amines) is 1. The summed E-state index contributed by atoms with van der Waals surface area (Å²) in [6.45, 7) is 5.87. The quantitative estimate of drug-likeness (QED) is 0.733. The molecule has 29 heavy (non-hydrogen) atoms. The highest BCUT2D eigenvalue weighted by atomic mass is 16.5. The van der Waals surface area contributed by atoms with Crippen LogP contribution >= 0.6 is 0 Å². The molecule has 1 heterocycles. The topological polar surface area (TPSA) is 70.7 Å². The van der Waals surface area contributed by atoms with Gasteiger partial charge in [-0.1, -0.05) is 31.4 Å². The van der Waals surface area contributed by atoms with E-state index in [0.717, 1.165) is 32.2 Å². The first-order valence-electron chi connectivity index (χ1n) is 11.2. The first-order valence-corrected chi connectivity index (χ1v) is 11.2. The molecule has 1 saturated carbocycles. The number of rotatable bonds is 7. The van der Waals surface area contributed by atoms with E-state index in [9.17, 15) is 9.59 Å². The number of anilines is 1. The lowest BCUT2D eigenvalue weighted by Gasteiger charge is -2.36. The zero-order valence-electron chi connectivity index (χ0n) is 17.8. The minimum absolute atomic E-state index is 0.0309. The van der Waals surface area contributed by atoms with Crippen LogP contribution in [-0.2, 0) is 9.59 Å². The number of hydrogen-bond donors (Lipinski definition) is 2. The third-order valence-electron chi connectivity index (χ3n) is 6.15. The van der Waals surface area contributed by atoms with Crippen LogP contribution < -0.4 is 15.4 Å². The highest BCUT2D eigenvalue weighted by molar-refractivity contribution is 5.95. The Labute approximate surface area is 174 Å². The van der Waals surface area contributed by atoms with Crippen LogP contribution in [0.2, 0.25) is 0 Å². The van der Waals surface area contributed by atoms with Crippen LogP contribution in [0.25, 0.3) is 0 Å². The van der Waals surface area contributed by atoms with E-state index in [-0.39, 0.29) is 23.8 Å². The summed E-state index contributed by atoms with van der Waals surface area (Å²) in [6.07, 6.45) is 7.74. The highest BCUT2D eigenvalue weighted by Gasteiger charge is 2.32. The summed E-state index contributed by atoms with van der Waals surface area (Å²) in [7, 11) is 0. The molecule has 2 amide bonds. The van der Waals surface area contributed by atoms with E-state index < -0.39 is 0 Å². The summed E-state index contributed by atoms with van der Waals surface area (Å²) < 4.78 is 5.60. The van der Waals surface area contributed by atoms with E-state index in [1.165, 1.54) is 19.3 Å². The van der Waals surface area contributed by atoms with Gasteiger partial charge in [0.15, 0.2) is 0 Å². The van der Waals surface area contributed by atoms with Gasteiger partial charge in [0, 0.05) is 12.6 Å². The van der Waals surface area contributed by atoms with E-state index in [2.05, 4.69) is 15.5 Å². The molecule has 2 atom stereocenters. The van der Waals surface area contributed by atoms with E-state index in [1.54, 1.807) is 0 Å². The largest absolute Gasteiger partial charge is 0.492 e. The molecule has 2 fully saturated rings. The molecule has 1 saturated heterocycles. The van der Waals surface area contributed by atoms with Crippen molar-refractivity contribution >= 4 is 17.5 Å². The second-order valence-electron chi connectivity index (χ2n) is 8.27. The van der Waals surface area contributed by atoms with E-state index >= 15 is 0 Å². The maximum Gasteiger partial charge on any atom is 0.241 e. The van der Waals surface area contributed by atoms with Gasteiger partial charge in [-0.05, 0) is 58.2 Å². The number of benzene rings is 1. The molecule has 1 aromatic carbocycles. The molecule has 3 rings (SSSR count). The molecular weight excluding hydrogens is 366 g/mol. The second-order valence-corrected chi connectivity index (χ2v) is 8.27. The van der Waals surface area contributed by atoms with Crippen molar-refractivity contribution in [1.29, 1.82) is 0 Å². The predicted octanol–water partition coefficient (Wildman–Crippen LogP) is 3.57. The molecule has 0 spiro atoms. The van der Waals surface area contributed by atoms with Gasteiger partial charge < -0.3 is 15.4 Å². The molecule has 2 N–H and O–H groups in total. The lowest BCUT2D eigenvalue weighted by molar-refractivity contribution is -0.130. The minimum Gasteiger partial charge on any atom is -0.492 e. The first-order chi connectivity index (χ1) is 14.1. The Balaban J connectivity index is 1.55. The maximum atomic E-state index is 12.9. The van der Waals surface area contributed by atoms with Crippen LogP contribution in [0.5, 0.6) is 5.75 Å². The number of para-hydroxylation sites is 2. The van der Waals surface area contributed by atoms with Crippen LogP contribution in [0.4, 0.5) is 5.69 Å². The first kappa shape index (κ1) is 21.6. The lowest BCUT2D eigenvalue weighted by Crippen LogP contribution is -2.51. The van der Waals surface area contributed by atoms with Crippen molar-refractivity contribution in [2.24, 2.45) is 5.92 Å². The molecule has 160 valence electrons. The van der Waals surface area contributed by atoms with Crippen LogP contribution in [0.15, 0.2) is 24.3 Å². The fourth-order valence-corrected chi connectivity index (χ4v) is 4.39. The number of carbonyl (C=O) groups excluding carboxylic acids is 2. The Morgan fingerprint density at radius 1 is 1.14 bits per heavy atom. The summed E-state index contributed by atoms with van der Waals surface area (Å²) in [4.78, 5) is 27.7. The van der Waals surface area contributed by atoms with Gasteiger partial charge >= 0.3 is 0 Å². The SMILES string of the molecule is CCOc1ccccc1NC(=O)C(C)N1CCCC(C(=O)NC2CCCCC2)C1. The van der Waals surface area contributed by atoms with Gasteiger partial charge in [-0.25, -0.2) is 0 Å². The molecule has 2 unspecified atom stereocenters. The third kappa shape index (κ3) is 5.95. The molecule has 1 aliphatic carbocycles. The smallest absolute Gasteiger partial charge is 0.241 e. The summed E-state index contributed by atoms with van der Waals surface area (Å²) >= 11 is 0. The molecule has 0 aromatic heterocycles. The van der Waals surface area contributed by atoms with Crippen molar-refractivity contribution in [2.75, 3.05) is 25.0 Å². The number of nitrogens with zero attached hydrogens (tertiary/aromatic N) is 1. The molecule has 6 heteroatoms. The molecule has 0 radical (unpaired) electrons. The fourth-order valence-electron chi connectivity index (χ4n) is 4.39. The Morgan fingerprint density at radius 2 is 1.90 bits per heavy atom. The Bertz CT molecular complexity index is 688. The lowest BCUT2D eigenvalue weighted by atomic mass is 9.92. The van der Waals surface area contributed by atoms with Gasteiger partial charge in [0.25, 0.3) is 0 Å². The average Bonchev–Trinajstić information content (AvgIpc) is 2.75. The molecule has 2 aliphatic rings. The third-order valence-corrected chi connectivity index (χ3v) is 6.15. The molecule has 6 nitrogen and oxygen atoms in total. The standard InChI is InChI=1S/C23H35N3O3/c1-3-29-21-14-8-7-13-20(21)25-22(27)17(2)26-15-9-10-18(16-26)23(28)24-19-11-5-4-6-12-19/h7-8,13-14,17-19H,3-6,9-12,15-16H2,1-2H3,(H,24,28)(H,25,27). The Kier molecular flexibility index (Phi) is 7.92. The zero-order valence-corrected chi connectivity index (χ0v) is 17.8. The van der Waals surface area contributed by atoms with Gasteiger partial charge in [-0.15, -0.1) is 0 Å². The normalized spacial score (nSPS) is 21.9. The minimum atomic E-state index is -0.296. The molecular formula is C23H35N3O3. The van der Waals surface area contributed by atoms with E-state index in [0.29, 0.717) is 30.6 Å². The average molecular weight is 402 g/mol. The highest BCUT2D eigenvalue weighted by Crippen LogP contribution is 2.25. The summed E-state index contributed by atoms with van der Waals surface area (Å²) in [5, 5.41) is 6.25. The van der Waals surface area contributed by atoms with Crippen LogP contribution in [0.3, 0.4) is 0 Å². The monoisotopic (exact) mass is 401 g/mol. The van der Waals surface area contributed by atoms with Crippen molar-refractivity contribution in [3.8, 4) is 5.75 Å². The van der Waals surface area contributed by atoms with Crippen LogP contribution in [0.1, 0.15) is 58.8 Å². The van der Waals surface area contributed by atoms with Crippen molar-refractivity contribution in [3.63, 3.8) is 0 Å². The Morgan fingerprint density at radius 3 is 2.66 bits per heavy atom. The molecule has 0 bridgehead atoms. The number of carbonyl (C=O) groups is 2. The number of piperidine rings is 1. The number of ether oxygens (including phenoxy) is 1. The number of nitrogens with one attached hydrogen (secondary N) is 2.